The zero-order chi connectivity index (χ0) is 14.8. The fourth-order valence-corrected chi connectivity index (χ4v) is 2.81. The summed E-state index contributed by atoms with van der Waals surface area (Å²) < 4.78 is 13.3. The zero-order valence-corrected chi connectivity index (χ0v) is 13.3. The van der Waals surface area contributed by atoms with Crippen LogP contribution in [0.5, 0.6) is 0 Å². The van der Waals surface area contributed by atoms with E-state index in [2.05, 4.69) is 26.1 Å². The van der Waals surface area contributed by atoms with Crippen LogP contribution in [0.25, 0.3) is 0 Å². The van der Waals surface area contributed by atoms with Gasteiger partial charge in [0.15, 0.2) is 0 Å². The third kappa shape index (κ3) is 6.04. The minimum Gasteiger partial charge on any atom is -0.313 e. The molecule has 2 atom stereocenters. The molecule has 1 aromatic carbocycles. The van der Waals surface area contributed by atoms with Crippen molar-refractivity contribution in [3.05, 3.63) is 35.6 Å². The van der Waals surface area contributed by atoms with E-state index >= 15 is 0 Å². The maximum Gasteiger partial charge on any atom is 0.123 e. The highest BCUT2D eigenvalue weighted by atomic mass is 19.1. The molecule has 0 spiro atoms. The fraction of sp³-hybridized carbons (Fsp3) is 0.667. The molecule has 2 heteroatoms. The summed E-state index contributed by atoms with van der Waals surface area (Å²) in [6.07, 6.45) is 7.06. The van der Waals surface area contributed by atoms with Gasteiger partial charge in [-0.15, -0.1) is 0 Å². The molecule has 114 valence electrons. The fourth-order valence-electron chi connectivity index (χ4n) is 2.81. The minimum atomic E-state index is -0.127. The molecule has 0 saturated heterocycles. The molecular weight excluding hydrogens is 249 g/mol. The normalized spacial score (nSPS) is 14.2. The second kappa shape index (κ2) is 9.93. The quantitative estimate of drug-likeness (QED) is 0.639. The molecule has 1 nitrogen and oxygen atoms in total. The monoisotopic (exact) mass is 279 g/mol. The summed E-state index contributed by atoms with van der Waals surface area (Å²) in [6, 6.07) is 7.51. The Morgan fingerprint density at radius 1 is 1.15 bits per heavy atom. The summed E-state index contributed by atoms with van der Waals surface area (Å²) in [6.45, 7) is 7.75. The molecule has 0 amide bonds. The topological polar surface area (TPSA) is 12.0 Å². The van der Waals surface area contributed by atoms with Crippen molar-refractivity contribution in [2.24, 2.45) is 5.92 Å². The second-order valence-corrected chi connectivity index (χ2v) is 5.71. The number of halogens is 1. The van der Waals surface area contributed by atoms with Crippen LogP contribution in [0.3, 0.4) is 0 Å². The Bertz CT molecular complexity index is 364. The molecule has 0 radical (unpaired) electrons. The predicted octanol–water partition coefficient (Wildman–Crippen LogP) is 4.95. The van der Waals surface area contributed by atoms with Crippen molar-refractivity contribution in [3.8, 4) is 0 Å². The first-order valence-corrected chi connectivity index (χ1v) is 8.19. The van der Waals surface area contributed by atoms with Gasteiger partial charge in [-0.1, -0.05) is 52.2 Å². The van der Waals surface area contributed by atoms with Crippen molar-refractivity contribution in [3.63, 3.8) is 0 Å². The summed E-state index contributed by atoms with van der Waals surface area (Å²) >= 11 is 0. The third-order valence-corrected chi connectivity index (χ3v) is 4.02. The molecule has 1 N–H and O–H groups in total. The van der Waals surface area contributed by atoms with Crippen molar-refractivity contribution < 1.29 is 4.39 Å². The van der Waals surface area contributed by atoms with Gasteiger partial charge in [0.2, 0.25) is 0 Å². The summed E-state index contributed by atoms with van der Waals surface area (Å²) in [5.74, 6) is 0.558. The van der Waals surface area contributed by atoms with Crippen LogP contribution < -0.4 is 5.32 Å². The average molecular weight is 279 g/mol. The molecule has 0 aliphatic carbocycles. The summed E-state index contributed by atoms with van der Waals surface area (Å²) in [5.41, 5.74) is 1.11. The smallest absolute Gasteiger partial charge is 0.123 e. The van der Waals surface area contributed by atoms with Gasteiger partial charge >= 0.3 is 0 Å². The average Bonchev–Trinajstić information content (AvgIpc) is 2.45. The summed E-state index contributed by atoms with van der Waals surface area (Å²) in [5, 5.41) is 3.67. The largest absolute Gasteiger partial charge is 0.313 e. The maximum absolute atomic E-state index is 13.3. The van der Waals surface area contributed by atoms with E-state index in [0.29, 0.717) is 12.0 Å². The van der Waals surface area contributed by atoms with Crippen LogP contribution in [0, 0.1) is 11.7 Å². The molecule has 0 saturated carbocycles. The molecular formula is C18H30FN. The lowest BCUT2D eigenvalue weighted by Gasteiger charge is -2.27. The van der Waals surface area contributed by atoms with Crippen molar-refractivity contribution in [2.75, 3.05) is 6.54 Å². The molecule has 0 heterocycles. The molecule has 0 aliphatic rings. The van der Waals surface area contributed by atoms with E-state index in [0.717, 1.165) is 24.9 Å². The van der Waals surface area contributed by atoms with Gasteiger partial charge in [-0.3, -0.25) is 0 Å². The van der Waals surface area contributed by atoms with E-state index in [1.54, 1.807) is 6.07 Å². The van der Waals surface area contributed by atoms with Crippen LogP contribution in [0.2, 0.25) is 0 Å². The molecule has 1 rings (SSSR count). The number of rotatable bonds is 10. The van der Waals surface area contributed by atoms with Crippen LogP contribution in [0.4, 0.5) is 4.39 Å². The van der Waals surface area contributed by atoms with Gasteiger partial charge in [-0.25, -0.2) is 4.39 Å². The number of unbranched alkanes of at least 4 members (excludes halogenated alkanes) is 1. The van der Waals surface area contributed by atoms with Gasteiger partial charge < -0.3 is 5.32 Å². The molecule has 20 heavy (non-hydrogen) atoms. The van der Waals surface area contributed by atoms with E-state index in [9.17, 15) is 4.39 Å². The Labute approximate surface area is 124 Å². The highest BCUT2D eigenvalue weighted by Crippen LogP contribution is 2.20. The molecule has 0 fully saturated rings. The van der Waals surface area contributed by atoms with E-state index in [1.807, 2.05) is 12.1 Å². The number of hydrogen-bond acceptors (Lipinski definition) is 1. The van der Waals surface area contributed by atoms with Crippen LogP contribution in [0.1, 0.15) is 58.4 Å². The van der Waals surface area contributed by atoms with Gasteiger partial charge in [0.1, 0.15) is 5.82 Å². The zero-order valence-electron chi connectivity index (χ0n) is 13.3. The van der Waals surface area contributed by atoms with E-state index in [4.69, 9.17) is 0 Å². The van der Waals surface area contributed by atoms with E-state index in [1.165, 1.54) is 31.7 Å². The maximum atomic E-state index is 13.3. The lowest BCUT2D eigenvalue weighted by atomic mass is 9.87. The van der Waals surface area contributed by atoms with Crippen LogP contribution in [-0.4, -0.2) is 12.6 Å². The first-order chi connectivity index (χ1) is 9.71. The molecule has 0 bridgehead atoms. The van der Waals surface area contributed by atoms with Gasteiger partial charge in [-0.2, -0.15) is 0 Å². The minimum absolute atomic E-state index is 0.127. The molecule has 2 unspecified atom stereocenters. The highest BCUT2D eigenvalue weighted by molar-refractivity contribution is 5.17. The Hall–Kier alpha value is -0.890. The highest BCUT2D eigenvalue weighted by Gasteiger charge is 2.19. The van der Waals surface area contributed by atoms with Gasteiger partial charge in [0.25, 0.3) is 0 Å². The van der Waals surface area contributed by atoms with Crippen molar-refractivity contribution in [2.45, 2.75) is 65.3 Å². The van der Waals surface area contributed by atoms with Crippen LogP contribution >= 0.6 is 0 Å². The Kier molecular flexibility index (Phi) is 8.52. The van der Waals surface area contributed by atoms with E-state index < -0.39 is 0 Å². The predicted molar refractivity (Wildman–Crippen MR) is 85.5 cm³/mol. The molecule has 0 aromatic heterocycles. The summed E-state index contributed by atoms with van der Waals surface area (Å²) in [7, 11) is 0. The number of nitrogens with one attached hydrogen (secondary N) is 1. The molecule has 1 aromatic rings. The SMILES string of the molecule is CCCCC(CC)C(Cc1cccc(F)c1)NCCC. The Morgan fingerprint density at radius 3 is 2.55 bits per heavy atom. The lowest BCUT2D eigenvalue weighted by Crippen LogP contribution is -2.38. The van der Waals surface area contributed by atoms with Crippen molar-refractivity contribution in [1.82, 2.24) is 5.32 Å². The number of benzene rings is 1. The van der Waals surface area contributed by atoms with E-state index in [-0.39, 0.29) is 5.82 Å². The Balaban J connectivity index is 2.70. The lowest BCUT2D eigenvalue weighted by molar-refractivity contribution is 0.315. The first kappa shape index (κ1) is 17.2. The van der Waals surface area contributed by atoms with Crippen molar-refractivity contribution >= 4 is 0 Å². The van der Waals surface area contributed by atoms with Gasteiger partial charge in [0.05, 0.1) is 0 Å². The van der Waals surface area contributed by atoms with Crippen LogP contribution in [0.15, 0.2) is 24.3 Å². The standard InChI is InChI=1S/C18H30FN/c1-4-7-10-16(6-3)18(20-12-5-2)14-15-9-8-11-17(19)13-15/h8-9,11,13,16,18,20H,4-7,10,12,14H2,1-3H3. The first-order valence-electron chi connectivity index (χ1n) is 8.19. The van der Waals surface area contributed by atoms with Gasteiger partial charge in [0, 0.05) is 6.04 Å². The van der Waals surface area contributed by atoms with Crippen molar-refractivity contribution in [1.29, 1.82) is 0 Å². The Morgan fingerprint density at radius 2 is 1.95 bits per heavy atom. The summed E-state index contributed by atoms with van der Waals surface area (Å²) in [4.78, 5) is 0. The van der Waals surface area contributed by atoms with Gasteiger partial charge in [-0.05, 0) is 49.4 Å². The van der Waals surface area contributed by atoms with Crippen LogP contribution in [-0.2, 0) is 6.42 Å². The number of hydrogen-bond donors (Lipinski definition) is 1. The third-order valence-electron chi connectivity index (χ3n) is 4.02. The molecule has 0 aliphatic heterocycles. The second-order valence-electron chi connectivity index (χ2n) is 5.71.